The molecule has 1 aromatic rings. The highest BCUT2D eigenvalue weighted by atomic mass is 19.1. The highest BCUT2D eigenvalue weighted by molar-refractivity contribution is 6.01. The van der Waals surface area contributed by atoms with Crippen molar-refractivity contribution in [2.75, 3.05) is 19.3 Å². The maximum Gasteiger partial charge on any atom is 0.327 e. The lowest BCUT2D eigenvalue weighted by atomic mass is 10.2. The van der Waals surface area contributed by atoms with Gasteiger partial charge in [-0.1, -0.05) is 6.07 Å². The molecule has 17 heavy (non-hydrogen) atoms. The van der Waals surface area contributed by atoms with Crippen LogP contribution in [0.25, 0.3) is 0 Å². The van der Waals surface area contributed by atoms with Crippen molar-refractivity contribution in [2.24, 2.45) is 0 Å². The van der Waals surface area contributed by atoms with Crippen LogP contribution in [-0.4, -0.2) is 35.3 Å². The molecule has 1 heterocycles. The Balaban J connectivity index is 2.21. The minimum atomic E-state index is -0.514. The summed E-state index contributed by atoms with van der Waals surface area (Å²) in [6.07, 6.45) is 0. The third-order valence-corrected chi connectivity index (χ3v) is 2.64. The van der Waals surface area contributed by atoms with E-state index >= 15 is 0 Å². The number of amides is 3. The van der Waals surface area contributed by atoms with Crippen LogP contribution in [0.2, 0.25) is 0 Å². The van der Waals surface area contributed by atoms with E-state index in [1.54, 1.807) is 0 Å². The fraction of sp³-hybridized carbons (Fsp3) is 0.273. The zero-order valence-electron chi connectivity index (χ0n) is 9.31. The van der Waals surface area contributed by atoms with Crippen LogP contribution in [-0.2, 0) is 11.3 Å². The molecule has 1 aliphatic rings. The summed E-state index contributed by atoms with van der Waals surface area (Å²) in [5.74, 6) is -0.839. The summed E-state index contributed by atoms with van der Waals surface area (Å²) in [5, 5.41) is 0. The Kier molecular flexibility index (Phi) is 2.71. The first-order chi connectivity index (χ1) is 7.99. The van der Waals surface area contributed by atoms with Crippen LogP contribution in [0.1, 0.15) is 5.56 Å². The number of nitrogens with zero attached hydrogens (tertiary/aromatic N) is 2. The van der Waals surface area contributed by atoms with Gasteiger partial charge in [0.1, 0.15) is 12.4 Å². The van der Waals surface area contributed by atoms with Crippen molar-refractivity contribution in [3.8, 4) is 0 Å². The van der Waals surface area contributed by atoms with Gasteiger partial charge in [-0.3, -0.25) is 9.69 Å². The SMILES string of the molecule is CN1CC(=O)N(Cc2ccc(N)cc2F)C1=O. The third-order valence-electron chi connectivity index (χ3n) is 2.64. The Morgan fingerprint density at radius 1 is 1.41 bits per heavy atom. The summed E-state index contributed by atoms with van der Waals surface area (Å²) < 4.78 is 13.5. The predicted octanol–water partition coefficient (Wildman–Crippen LogP) is 0.802. The number of hydrogen-bond acceptors (Lipinski definition) is 3. The van der Waals surface area contributed by atoms with Crippen molar-refractivity contribution in [2.45, 2.75) is 6.54 Å². The van der Waals surface area contributed by atoms with Crippen molar-refractivity contribution in [3.63, 3.8) is 0 Å². The molecule has 2 N–H and O–H groups in total. The van der Waals surface area contributed by atoms with Gasteiger partial charge >= 0.3 is 6.03 Å². The highest BCUT2D eigenvalue weighted by Crippen LogP contribution is 2.17. The molecular formula is C11H12FN3O2. The van der Waals surface area contributed by atoms with E-state index in [4.69, 9.17) is 5.73 Å². The van der Waals surface area contributed by atoms with Crippen molar-refractivity contribution in [3.05, 3.63) is 29.6 Å². The zero-order valence-corrected chi connectivity index (χ0v) is 9.31. The van der Waals surface area contributed by atoms with E-state index in [9.17, 15) is 14.0 Å². The van der Waals surface area contributed by atoms with Crippen molar-refractivity contribution in [1.29, 1.82) is 0 Å². The van der Waals surface area contributed by atoms with Crippen LogP contribution in [0, 0.1) is 5.82 Å². The number of benzene rings is 1. The molecule has 0 atom stereocenters. The van der Waals surface area contributed by atoms with E-state index in [0.29, 0.717) is 5.69 Å². The van der Waals surface area contributed by atoms with Crippen molar-refractivity contribution in [1.82, 2.24) is 9.80 Å². The number of nitrogens with two attached hydrogens (primary N) is 1. The first-order valence-electron chi connectivity index (χ1n) is 5.08. The van der Waals surface area contributed by atoms with Crippen LogP contribution in [0.5, 0.6) is 0 Å². The molecule has 1 aromatic carbocycles. The third kappa shape index (κ3) is 2.06. The fourth-order valence-corrected chi connectivity index (χ4v) is 1.69. The van der Waals surface area contributed by atoms with Crippen LogP contribution in [0.4, 0.5) is 14.9 Å². The lowest BCUT2D eigenvalue weighted by Gasteiger charge is -2.14. The second-order valence-corrected chi connectivity index (χ2v) is 3.97. The number of likely N-dealkylation sites (N-methyl/N-ethyl adjacent to an activating group) is 1. The summed E-state index contributed by atoms with van der Waals surface area (Å²) in [6.45, 7) is -0.0243. The minimum Gasteiger partial charge on any atom is -0.399 e. The Bertz CT molecular complexity index is 490. The van der Waals surface area contributed by atoms with Gasteiger partial charge < -0.3 is 10.6 Å². The van der Waals surface area contributed by atoms with Gasteiger partial charge in [0.2, 0.25) is 0 Å². The molecule has 90 valence electrons. The molecule has 1 fully saturated rings. The number of hydrogen-bond donors (Lipinski definition) is 1. The van der Waals surface area contributed by atoms with Gasteiger partial charge in [-0.25, -0.2) is 9.18 Å². The average molecular weight is 237 g/mol. The second kappa shape index (κ2) is 4.04. The number of anilines is 1. The monoisotopic (exact) mass is 237 g/mol. The van der Waals surface area contributed by atoms with Crippen molar-refractivity contribution >= 4 is 17.6 Å². The molecule has 0 radical (unpaired) electrons. The Labute approximate surface area is 97.6 Å². The number of carbonyl (C=O) groups excluding carboxylic acids is 2. The normalized spacial score (nSPS) is 15.9. The topological polar surface area (TPSA) is 66.6 Å². The van der Waals surface area contributed by atoms with Gasteiger partial charge in [-0.15, -0.1) is 0 Å². The number of rotatable bonds is 2. The lowest BCUT2D eigenvalue weighted by molar-refractivity contribution is -0.125. The van der Waals surface area contributed by atoms with E-state index in [2.05, 4.69) is 0 Å². The maximum atomic E-state index is 13.5. The first kappa shape index (κ1) is 11.4. The molecule has 2 rings (SSSR count). The largest absolute Gasteiger partial charge is 0.399 e. The van der Waals surface area contributed by atoms with Crippen molar-refractivity contribution < 1.29 is 14.0 Å². The standard InChI is InChI=1S/C11H12FN3O2/c1-14-6-10(16)15(11(14)17)5-7-2-3-8(13)4-9(7)12/h2-4H,5-6,13H2,1H3. The Hall–Kier alpha value is -2.11. The molecule has 0 saturated carbocycles. The summed E-state index contributed by atoms with van der Waals surface area (Å²) in [6, 6.07) is 3.77. The molecule has 1 aliphatic heterocycles. The number of nitrogen functional groups attached to an aromatic ring is 1. The van der Waals surface area contributed by atoms with Gasteiger partial charge in [0.15, 0.2) is 0 Å². The smallest absolute Gasteiger partial charge is 0.327 e. The second-order valence-electron chi connectivity index (χ2n) is 3.97. The van der Waals surface area contributed by atoms with Crippen LogP contribution in [0.3, 0.4) is 0 Å². The van der Waals surface area contributed by atoms with Crippen LogP contribution >= 0.6 is 0 Å². The molecule has 0 aliphatic carbocycles. The summed E-state index contributed by atoms with van der Waals surface area (Å²) in [7, 11) is 1.53. The molecule has 0 aromatic heterocycles. The van der Waals surface area contributed by atoms with Gasteiger partial charge in [0.05, 0.1) is 6.54 Å². The molecule has 3 amide bonds. The van der Waals surface area contributed by atoms with Crippen LogP contribution in [0.15, 0.2) is 18.2 Å². The van der Waals surface area contributed by atoms with Crippen LogP contribution < -0.4 is 5.73 Å². The van der Waals surface area contributed by atoms with E-state index in [-0.39, 0.29) is 24.6 Å². The van der Waals surface area contributed by atoms with E-state index < -0.39 is 11.8 Å². The summed E-state index contributed by atoms with van der Waals surface area (Å²) in [5.41, 5.74) is 6.00. The number of carbonyl (C=O) groups is 2. The highest BCUT2D eigenvalue weighted by Gasteiger charge is 2.33. The summed E-state index contributed by atoms with van der Waals surface area (Å²) in [4.78, 5) is 25.4. The lowest BCUT2D eigenvalue weighted by Crippen LogP contribution is -2.31. The fourth-order valence-electron chi connectivity index (χ4n) is 1.69. The van der Waals surface area contributed by atoms with Gasteiger partial charge in [0, 0.05) is 18.3 Å². The Morgan fingerprint density at radius 2 is 2.12 bits per heavy atom. The summed E-state index contributed by atoms with van der Waals surface area (Å²) >= 11 is 0. The maximum absolute atomic E-state index is 13.5. The van der Waals surface area contributed by atoms with Gasteiger partial charge in [0.25, 0.3) is 5.91 Å². The number of urea groups is 1. The molecule has 0 unspecified atom stereocenters. The van der Waals surface area contributed by atoms with Gasteiger partial charge in [-0.2, -0.15) is 0 Å². The molecule has 6 heteroatoms. The van der Waals surface area contributed by atoms with E-state index in [0.717, 1.165) is 4.90 Å². The van der Waals surface area contributed by atoms with Gasteiger partial charge in [-0.05, 0) is 12.1 Å². The van der Waals surface area contributed by atoms with E-state index in [1.807, 2.05) is 0 Å². The molecule has 0 spiro atoms. The zero-order chi connectivity index (χ0) is 12.6. The predicted molar refractivity (Wildman–Crippen MR) is 59.4 cm³/mol. The first-order valence-corrected chi connectivity index (χ1v) is 5.08. The van der Waals surface area contributed by atoms with E-state index in [1.165, 1.54) is 30.1 Å². The minimum absolute atomic E-state index is 0.0371. The quantitative estimate of drug-likeness (QED) is 0.611. The molecule has 0 bridgehead atoms. The number of halogens is 1. The number of imide groups is 1. The Morgan fingerprint density at radius 3 is 2.65 bits per heavy atom. The molecular weight excluding hydrogens is 225 g/mol. The average Bonchev–Trinajstić information content (AvgIpc) is 2.48. The molecule has 1 saturated heterocycles. The molecule has 5 nitrogen and oxygen atoms in total.